The lowest BCUT2D eigenvalue weighted by Gasteiger charge is -2.05. The predicted octanol–water partition coefficient (Wildman–Crippen LogP) is 2.61. The topological polar surface area (TPSA) is 39.2 Å². The zero-order chi connectivity index (χ0) is 12.1. The number of carbonyl (C=O) groups excluding carboxylic acids is 1. The predicted molar refractivity (Wildman–Crippen MR) is 60.4 cm³/mol. The lowest BCUT2D eigenvalue weighted by Crippen LogP contribution is -2.00. The first-order valence-corrected chi connectivity index (χ1v) is 5.08. The summed E-state index contributed by atoms with van der Waals surface area (Å²) >= 11 is 0. The van der Waals surface area contributed by atoms with Gasteiger partial charge in [0.25, 0.3) is 0 Å². The molecule has 0 saturated heterocycles. The highest BCUT2D eigenvalue weighted by Crippen LogP contribution is 2.12. The fraction of sp³-hybridized carbons (Fsp3) is 0.0769. The molecule has 0 atom stereocenters. The van der Waals surface area contributed by atoms with Gasteiger partial charge in [0.1, 0.15) is 12.3 Å². The minimum atomic E-state index is -0.646. The highest BCUT2D eigenvalue weighted by atomic mass is 19.1. The fourth-order valence-corrected chi connectivity index (χ4v) is 1.33. The third-order valence-electron chi connectivity index (χ3n) is 2.19. The summed E-state index contributed by atoms with van der Waals surface area (Å²) in [5.41, 5.74) is 0.738. The molecule has 2 rings (SSSR count). The number of carbonyl (C=O) groups is 1. The second kappa shape index (κ2) is 5.21. The lowest BCUT2D eigenvalue weighted by molar-refractivity contribution is 0.111. The molecule has 17 heavy (non-hydrogen) atoms. The van der Waals surface area contributed by atoms with Crippen molar-refractivity contribution in [3.05, 3.63) is 59.5 Å². The van der Waals surface area contributed by atoms with Gasteiger partial charge in [-0.25, -0.2) is 9.37 Å². The second-order valence-electron chi connectivity index (χ2n) is 3.41. The Labute approximate surface area is 97.9 Å². The van der Waals surface area contributed by atoms with Gasteiger partial charge in [-0.05, 0) is 11.6 Å². The van der Waals surface area contributed by atoms with Crippen LogP contribution in [0, 0.1) is 5.82 Å². The molecule has 0 radical (unpaired) electrons. The first kappa shape index (κ1) is 11.3. The van der Waals surface area contributed by atoms with Gasteiger partial charge in [-0.1, -0.05) is 30.3 Å². The minimum Gasteiger partial charge on any atom is -0.473 e. The molecule has 1 heterocycles. The van der Waals surface area contributed by atoms with E-state index < -0.39 is 5.82 Å². The molecule has 3 nitrogen and oxygen atoms in total. The van der Waals surface area contributed by atoms with Crippen LogP contribution in [0.5, 0.6) is 5.88 Å². The summed E-state index contributed by atoms with van der Waals surface area (Å²) in [4.78, 5) is 14.2. The molecular weight excluding hydrogens is 221 g/mol. The molecular formula is C13H10FNO2. The van der Waals surface area contributed by atoms with Gasteiger partial charge in [-0.2, -0.15) is 0 Å². The maximum atomic E-state index is 13.0. The lowest BCUT2D eigenvalue weighted by atomic mass is 10.2. The maximum Gasteiger partial charge on any atom is 0.214 e. The standard InChI is InChI=1S/C13H10FNO2/c14-11-6-7-13(15-12(11)8-16)17-9-10-4-2-1-3-5-10/h1-8H,9H2. The van der Waals surface area contributed by atoms with Gasteiger partial charge in [0.15, 0.2) is 12.1 Å². The first-order valence-electron chi connectivity index (χ1n) is 5.08. The van der Waals surface area contributed by atoms with Crippen molar-refractivity contribution in [2.75, 3.05) is 0 Å². The molecule has 0 aliphatic rings. The number of aldehydes is 1. The van der Waals surface area contributed by atoms with Crippen molar-refractivity contribution in [2.24, 2.45) is 0 Å². The molecule has 0 bridgehead atoms. The number of nitrogens with zero attached hydrogens (tertiary/aromatic N) is 1. The Morgan fingerprint density at radius 2 is 1.94 bits per heavy atom. The zero-order valence-corrected chi connectivity index (χ0v) is 8.97. The molecule has 4 heteroatoms. The van der Waals surface area contributed by atoms with Crippen molar-refractivity contribution in [3.8, 4) is 5.88 Å². The van der Waals surface area contributed by atoms with Crippen LogP contribution in [0.4, 0.5) is 4.39 Å². The van der Waals surface area contributed by atoms with Crippen molar-refractivity contribution in [1.82, 2.24) is 4.98 Å². The Hall–Kier alpha value is -2.23. The molecule has 0 unspecified atom stereocenters. The van der Waals surface area contributed by atoms with E-state index in [0.29, 0.717) is 12.9 Å². The number of aromatic nitrogens is 1. The molecule has 86 valence electrons. The number of hydrogen-bond acceptors (Lipinski definition) is 3. The average Bonchev–Trinajstić information content (AvgIpc) is 2.39. The third kappa shape index (κ3) is 2.87. The van der Waals surface area contributed by atoms with Crippen LogP contribution < -0.4 is 4.74 Å². The molecule has 0 aliphatic heterocycles. The Balaban J connectivity index is 2.07. The van der Waals surface area contributed by atoms with Gasteiger partial charge in [-0.15, -0.1) is 0 Å². The summed E-state index contributed by atoms with van der Waals surface area (Å²) in [6, 6.07) is 12.1. The normalized spacial score (nSPS) is 9.94. The maximum absolute atomic E-state index is 13.0. The van der Waals surface area contributed by atoms with Crippen LogP contribution in [-0.2, 0) is 6.61 Å². The first-order chi connectivity index (χ1) is 8.29. The molecule has 0 fully saturated rings. The molecule has 1 aromatic heterocycles. The summed E-state index contributed by atoms with van der Waals surface area (Å²) in [6.07, 6.45) is 0.366. The number of pyridine rings is 1. The van der Waals surface area contributed by atoms with Crippen LogP contribution >= 0.6 is 0 Å². The fourth-order valence-electron chi connectivity index (χ4n) is 1.33. The highest BCUT2D eigenvalue weighted by Gasteiger charge is 2.05. The van der Waals surface area contributed by atoms with Crippen LogP contribution in [-0.4, -0.2) is 11.3 Å². The molecule has 0 N–H and O–H groups in total. The van der Waals surface area contributed by atoms with Crippen molar-refractivity contribution in [2.45, 2.75) is 6.61 Å². The second-order valence-corrected chi connectivity index (χ2v) is 3.41. The average molecular weight is 231 g/mol. The van der Waals surface area contributed by atoms with Gasteiger partial charge in [-0.3, -0.25) is 4.79 Å². The summed E-state index contributed by atoms with van der Waals surface area (Å²) in [5.74, 6) is -0.413. The van der Waals surface area contributed by atoms with Crippen molar-refractivity contribution < 1.29 is 13.9 Å². The quantitative estimate of drug-likeness (QED) is 0.759. The van der Waals surface area contributed by atoms with Crippen LogP contribution in [0.15, 0.2) is 42.5 Å². The van der Waals surface area contributed by atoms with E-state index in [1.807, 2.05) is 30.3 Å². The summed E-state index contributed by atoms with van der Waals surface area (Å²) in [5, 5.41) is 0. The van der Waals surface area contributed by atoms with E-state index in [-0.39, 0.29) is 11.6 Å². The molecule has 2 aromatic rings. The van der Waals surface area contributed by atoms with E-state index in [1.54, 1.807) is 0 Å². The highest BCUT2D eigenvalue weighted by molar-refractivity contribution is 5.72. The van der Waals surface area contributed by atoms with E-state index >= 15 is 0 Å². The van der Waals surface area contributed by atoms with E-state index in [1.165, 1.54) is 6.07 Å². The molecule has 0 aliphatic carbocycles. The largest absolute Gasteiger partial charge is 0.473 e. The zero-order valence-electron chi connectivity index (χ0n) is 8.97. The Morgan fingerprint density at radius 1 is 1.18 bits per heavy atom. The van der Waals surface area contributed by atoms with E-state index in [4.69, 9.17) is 4.74 Å². The van der Waals surface area contributed by atoms with Crippen LogP contribution in [0.2, 0.25) is 0 Å². The van der Waals surface area contributed by atoms with Crippen LogP contribution in [0.25, 0.3) is 0 Å². The van der Waals surface area contributed by atoms with Crippen molar-refractivity contribution in [1.29, 1.82) is 0 Å². The van der Waals surface area contributed by atoms with E-state index in [9.17, 15) is 9.18 Å². The SMILES string of the molecule is O=Cc1nc(OCc2ccccc2)ccc1F. The van der Waals surface area contributed by atoms with Gasteiger partial charge in [0, 0.05) is 6.07 Å². The monoisotopic (exact) mass is 231 g/mol. The number of benzene rings is 1. The van der Waals surface area contributed by atoms with E-state index in [2.05, 4.69) is 4.98 Å². The number of halogens is 1. The number of hydrogen-bond donors (Lipinski definition) is 0. The molecule has 0 saturated carbocycles. The van der Waals surface area contributed by atoms with Gasteiger partial charge in [0.2, 0.25) is 5.88 Å². The summed E-state index contributed by atoms with van der Waals surface area (Å²) in [6.45, 7) is 0.331. The summed E-state index contributed by atoms with van der Waals surface area (Å²) < 4.78 is 18.3. The molecule has 0 amide bonds. The van der Waals surface area contributed by atoms with Crippen LogP contribution in [0.1, 0.15) is 16.1 Å². The van der Waals surface area contributed by atoms with Crippen molar-refractivity contribution >= 4 is 6.29 Å². The smallest absolute Gasteiger partial charge is 0.214 e. The van der Waals surface area contributed by atoms with Gasteiger partial charge in [0.05, 0.1) is 0 Å². The molecule has 1 aromatic carbocycles. The minimum absolute atomic E-state index is 0.234. The number of rotatable bonds is 4. The Morgan fingerprint density at radius 3 is 2.65 bits per heavy atom. The molecule has 0 spiro atoms. The van der Waals surface area contributed by atoms with E-state index in [0.717, 1.165) is 11.6 Å². The van der Waals surface area contributed by atoms with Crippen LogP contribution in [0.3, 0.4) is 0 Å². The Bertz CT molecular complexity index is 514. The summed E-state index contributed by atoms with van der Waals surface area (Å²) in [7, 11) is 0. The van der Waals surface area contributed by atoms with Gasteiger partial charge >= 0.3 is 0 Å². The third-order valence-corrected chi connectivity index (χ3v) is 2.19. The number of ether oxygens (including phenoxy) is 1. The van der Waals surface area contributed by atoms with Gasteiger partial charge < -0.3 is 4.74 Å². The van der Waals surface area contributed by atoms with Crippen molar-refractivity contribution in [3.63, 3.8) is 0 Å². The Kier molecular flexibility index (Phi) is 3.45.